The molecule has 1 aliphatic heterocycles. The van der Waals surface area contributed by atoms with Gasteiger partial charge in [0, 0.05) is 24.1 Å². The van der Waals surface area contributed by atoms with Crippen molar-refractivity contribution in [1.29, 1.82) is 0 Å². The molecule has 4 rings (SSSR count). The summed E-state index contributed by atoms with van der Waals surface area (Å²) in [6.45, 7) is 8.50. The molecule has 1 saturated heterocycles. The smallest absolute Gasteiger partial charge is 0.156 e. The van der Waals surface area contributed by atoms with Gasteiger partial charge in [0.1, 0.15) is 0 Å². The Morgan fingerprint density at radius 1 is 1.18 bits per heavy atom. The largest absolute Gasteiger partial charge is 0.359 e. The second-order valence-electron chi connectivity index (χ2n) is 7.74. The molecule has 28 heavy (non-hydrogen) atoms. The van der Waals surface area contributed by atoms with Crippen molar-refractivity contribution in [3.05, 3.63) is 59.9 Å². The van der Waals surface area contributed by atoms with Gasteiger partial charge in [0.2, 0.25) is 0 Å². The molecule has 3 heterocycles. The number of hydrogen-bond acceptors (Lipinski definition) is 4. The van der Waals surface area contributed by atoms with Gasteiger partial charge in [-0.3, -0.25) is 0 Å². The quantitative estimate of drug-likeness (QED) is 0.596. The summed E-state index contributed by atoms with van der Waals surface area (Å²) in [6, 6.07) is 12.6. The van der Waals surface area contributed by atoms with Gasteiger partial charge in [0.15, 0.2) is 5.76 Å². The van der Waals surface area contributed by atoms with Gasteiger partial charge in [-0.25, -0.2) is 4.98 Å². The predicted molar refractivity (Wildman–Crippen MR) is 111 cm³/mol. The van der Waals surface area contributed by atoms with Gasteiger partial charge < -0.3 is 14.0 Å². The summed E-state index contributed by atoms with van der Waals surface area (Å²) in [7, 11) is 0. The first-order valence-corrected chi connectivity index (χ1v) is 10.6. The van der Waals surface area contributed by atoms with Crippen LogP contribution in [0.1, 0.15) is 56.2 Å². The molecule has 3 aromatic rings. The highest BCUT2D eigenvalue weighted by Crippen LogP contribution is 2.34. The fraction of sp³-hybridized carbons (Fsp3) is 0.478. The van der Waals surface area contributed by atoms with E-state index >= 15 is 0 Å². The van der Waals surface area contributed by atoms with Gasteiger partial charge in [-0.05, 0) is 32.4 Å². The Morgan fingerprint density at radius 3 is 2.82 bits per heavy atom. The zero-order valence-electron chi connectivity index (χ0n) is 17.0. The Hall–Kier alpha value is -2.40. The van der Waals surface area contributed by atoms with E-state index in [1.54, 1.807) is 0 Å². The molecule has 1 unspecified atom stereocenters. The molecule has 1 aromatic carbocycles. The Bertz CT molecular complexity index is 883. The van der Waals surface area contributed by atoms with Gasteiger partial charge in [-0.15, -0.1) is 0 Å². The van der Waals surface area contributed by atoms with Crippen molar-refractivity contribution in [3.8, 4) is 11.3 Å². The van der Waals surface area contributed by atoms with Crippen LogP contribution < -0.4 is 0 Å². The third kappa shape index (κ3) is 4.04. The molecule has 1 aliphatic rings. The second-order valence-corrected chi connectivity index (χ2v) is 7.74. The minimum absolute atomic E-state index is 0.490. The first-order valence-electron chi connectivity index (χ1n) is 10.6. The summed E-state index contributed by atoms with van der Waals surface area (Å²) in [6.07, 6.45) is 6.46. The lowest BCUT2D eigenvalue weighted by Crippen LogP contribution is -2.35. The third-order valence-electron chi connectivity index (χ3n) is 5.70. The summed E-state index contributed by atoms with van der Waals surface area (Å²) in [5.74, 6) is 1.40. The Balaban J connectivity index is 1.68. The standard InChI is InChI=1S/C23H30N4O/c1-3-9-20-14-21(28-25-20)16-27-17-24-22(18-10-6-5-7-11-18)23(27)19-12-8-13-26(4-2)15-19/h5-7,10-11,14,17,19H,3-4,8-9,12-13,15-16H2,1-2H3. The summed E-state index contributed by atoms with van der Waals surface area (Å²) >= 11 is 0. The lowest BCUT2D eigenvalue weighted by molar-refractivity contribution is 0.214. The van der Waals surface area contributed by atoms with Crippen molar-refractivity contribution in [1.82, 2.24) is 19.6 Å². The highest BCUT2D eigenvalue weighted by molar-refractivity contribution is 5.62. The van der Waals surface area contributed by atoms with Crippen molar-refractivity contribution in [2.75, 3.05) is 19.6 Å². The Morgan fingerprint density at radius 2 is 2.04 bits per heavy atom. The molecule has 1 fully saturated rings. The molecule has 0 radical (unpaired) electrons. The highest BCUT2D eigenvalue weighted by Gasteiger charge is 2.27. The van der Waals surface area contributed by atoms with E-state index in [0.717, 1.165) is 43.1 Å². The average Bonchev–Trinajstić information content (AvgIpc) is 3.36. The number of hydrogen-bond donors (Lipinski definition) is 0. The van der Waals surface area contributed by atoms with Gasteiger partial charge in [0.25, 0.3) is 0 Å². The van der Waals surface area contributed by atoms with Crippen LogP contribution in [0.5, 0.6) is 0 Å². The van der Waals surface area contributed by atoms with E-state index in [1.807, 2.05) is 6.33 Å². The molecule has 1 atom stereocenters. The third-order valence-corrected chi connectivity index (χ3v) is 5.70. The normalized spacial score (nSPS) is 17.9. The molecule has 0 aliphatic carbocycles. The number of aromatic nitrogens is 3. The molecular formula is C23H30N4O. The van der Waals surface area contributed by atoms with Crippen LogP contribution in [0.2, 0.25) is 0 Å². The first kappa shape index (κ1) is 18.9. The highest BCUT2D eigenvalue weighted by atomic mass is 16.5. The molecule has 0 N–H and O–H groups in total. The monoisotopic (exact) mass is 378 g/mol. The molecule has 148 valence electrons. The van der Waals surface area contributed by atoms with Gasteiger partial charge in [-0.1, -0.05) is 55.8 Å². The van der Waals surface area contributed by atoms with Crippen LogP contribution in [-0.4, -0.2) is 39.2 Å². The summed E-state index contributed by atoms with van der Waals surface area (Å²) < 4.78 is 7.89. The Labute approximate surface area is 167 Å². The van der Waals surface area contributed by atoms with Crippen LogP contribution in [0.3, 0.4) is 0 Å². The van der Waals surface area contributed by atoms with Crippen LogP contribution in [0.15, 0.2) is 47.2 Å². The molecule has 0 saturated carbocycles. The van der Waals surface area contributed by atoms with E-state index in [-0.39, 0.29) is 0 Å². The van der Waals surface area contributed by atoms with Crippen molar-refractivity contribution in [3.63, 3.8) is 0 Å². The van der Waals surface area contributed by atoms with E-state index in [4.69, 9.17) is 9.51 Å². The fourth-order valence-corrected chi connectivity index (χ4v) is 4.30. The van der Waals surface area contributed by atoms with Crippen molar-refractivity contribution < 1.29 is 4.52 Å². The van der Waals surface area contributed by atoms with Crippen LogP contribution in [0, 0.1) is 0 Å². The van der Waals surface area contributed by atoms with E-state index in [2.05, 4.69) is 64.9 Å². The second kappa shape index (κ2) is 8.74. The molecule has 2 aromatic heterocycles. The van der Waals surface area contributed by atoms with Crippen LogP contribution in [-0.2, 0) is 13.0 Å². The first-order chi connectivity index (χ1) is 13.8. The molecule has 0 bridgehead atoms. The van der Waals surface area contributed by atoms with E-state index in [1.165, 1.54) is 30.6 Å². The molecule has 0 spiro atoms. The lowest BCUT2D eigenvalue weighted by atomic mass is 9.91. The number of likely N-dealkylation sites (tertiary alicyclic amines) is 1. The number of imidazole rings is 1. The lowest BCUT2D eigenvalue weighted by Gasteiger charge is -2.32. The number of aryl methyl sites for hydroxylation is 1. The van der Waals surface area contributed by atoms with Crippen LogP contribution >= 0.6 is 0 Å². The average molecular weight is 379 g/mol. The molecule has 5 heteroatoms. The summed E-state index contributed by atoms with van der Waals surface area (Å²) in [5.41, 5.74) is 4.67. The van der Waals surface area contributed by atoms with Gasteiger partial charge in [-0.2, -0.15) is 0 Å². The van der Waals surface area contributed by atoms with Gasteiger partial charge >= 0.3 is 0 Å². The number of benzene rings is 1. The summed E-state index contributed by atoms with van der Waals surface area (Å²) in [4.78, 5) is 7.38. The maximum Gasteiger partial charge on any atom is 0.156 e. The van der Waals surface area contributed by atoms with Crippen molar-refractivity contribution >= 4 is 0 Å². The number of rotatable bonds is 7. The van der Waals surface area contributed by atoms with Crippen LogP contribution in [0.4, 0.5) is 0 Å². The maximum absolute atomic E-state index is 5.61. The predicted octanol–water partition coefficient (Wildman–Crippen LogP) is 4.74. The number of nitrogens with zero attached hydrogens (tertiary/aromatic N) is 4. The minimum atomic E-state index is 0.490. The summed E-state index contributed by atoms with van der Waals surface area (Å²) in [5, 5.41) is 4.22. The zero-order chi connectivity index (χ0) is 19.3. The zero-order valence-corrected chi connectivity index (χ0v) is 17.0. The van der Waals surface area contributed by atoms with E-state index in [9.17, 15) is 0 Å². The van der Waals surface area contributed by atoms with Crippen LogP contribution in [0.25, 0.3) is 11.3 Å². The molecule has 0 amide bonds. The minimum Gasteiger partial charge on any atom is -0.359 e. The molecule has 5 nitrogen and oxygen atoms in total. The maximum atomic E-state index is 5.61. The van der Waals surface area contributed by atoms with E-state index in [0.29, 0.717) is 12.5 Å². The molecular weight excluding hydrogens is 348 g/mol. The van der Waals surface area contributed by atoms with Crippen molar-refractivity contribution in [2.24, 2.45) is 0 Å². The SMILES string of the molecule is CCCc1cc(Cn2cnc(-c3ccccc3)c2C2CCCN(CC)C2)on1. The fourth-order valence-electron chi connectivity index (χ4n) is 4.30. The number of piperidine rings is 1. The van der Waals surface area contributed by atoms with Gasteiger partial charge in [0.05, 0.1) is 30.0 Å². The van der Waals surface area contributed by atoms with E-state index < -0.39 is 0 Å². The topological polar surface area (TPSA) is 47.1 Å². The number of likely N-dealkylation sites (N-methyl/N-ethyl adjacent to an activating group) is 1. The van der Waals surface area contributed by atoms with Crippen molar-refractivity contribution in [2.45, 2.75) is 52.0 Å². The Kier molecular flexibility index (Phi) is 5.91.